The smallest absolute Gasteiger partial charge is 0.353 e. The summed E-state index contributed by atoms with van der Waals surface area (Å²) in [6.45, 7) is 1.35. The molecule has 0 heterocycles. The van der Waals surface area contributed by atoms with E-state index in [2.05, 4.69) is 4.84 Å². The molecule has 54 valence electrons. The van der Waals surface area contributed by atoms with E-state index in [1.165, 1.54) is 12.0 Å². The molecule has 0 rings (SSSR count). The lowest BCUT2D eigenvalue weighted by Crippen LogP contribution is -2.26. The van der Waals surface area contributed by atoms with Gasteiger partial charge in [0.05, 0.1) is 0 Å². The summed E-state index contributed by atoms with van der Waals surface area (Å²) in [5.41, 5.74) is 0. The SMILES string of the molecule is CC(O)C(=O)ON(C)C. The van der Waals surface area contributed by atoms with Crippen molar-refractivity contribution in [2.45, 2.75) is 13.0 Å². The van der Waals surface area contributed by atoms with Gasteiger partial charge in [0.15, 0.2) is 6.10 Å². The molecular weight excluding hydrogens is 122 g/mol. The van der Waals surface area contributed by atoms with Gasteiger partial charge < -0.3 is 9.94 Å². The van der Waals surface area contributed by atoms with Gasteiger partial charge >= 0.3 is 5.97 Å². The highest BCUT2D eigenvalue weighted by Gasteiger charge is 2.10. The van der Waals surface area contributed by atoms with Gasteiger partial charge in [-0.3, -0.25) is 0 Å². The third-order valence-corrected chi connectivity index (χ3v) is 0.614. The molecule has 0 aliphatic carbocycles. The average molecular weight is 133 g/mol. The van der Waals surface area contributed by atoms with Crippen molar-refractivity contribution in [3.63, 3.8) is 0 Å². The Morgan fingerprint density at radius 1 is 1.67 bits per heavy atom. The number of hydrogen-bond donors (Lipinski definition) is 1. The van der Waals surface area contributed by atoms with E-state index in [-0.39, 0.29) is 0 Å². The van der Waals surface area contributed by atoms with E-state index in [9.17, 15) is 4.79 Å². The summed E-state index contributed by atoms with van der Waals surface area (Å²) in [4.78, 5) is 14.9. The van der Waals surface area contributed by atoms with Crippen LogP contribution >= 0.6 is 0 Å². The van der Waals surface area contributed by atoms with Crippen LogP contribution in [0.15, 0.2) is 0 Å². The zero-order valence-electron chi connectivity index (χ0n) is 5.79. The molecule has 0 saturated carbocycles. The number of aliphatic hydroxyl groups is 1. The summed E-state index contributed by atoms with van der Waals surface area (Å²) in [7, 11) is 3.14. The lowest BCUT2D eigenvalue weighted by Gasteiger charge is -2.10. The summed E-state index contributed by atoms with van der Waals surface area (Å²) in [6, 6.07) is 0. The van der Waals surface area contributed by atoms with E-state index in [0.29, 0.717) is 0 Å². The fourth-order valence-corrected chi connectivity index (χ4v) is 0.256. The molecule has 0 spiro atoms. The molecule has 4 heteroatoms. The van der Waals surface area contributed by atoms with Gasteiger partial charge in [0.25, 0.3) is 0 Å². The van der Waals surface area contributed by atoms with Crippen LogP contribution in [-0.2, 0) is 9.63 Å². The molecule has 0 aromatic rings. The Morgan fingerprint density at radius 3 is 2.22 bits per heavy atom. The Hall–Kier alpha value is -0.610. The van der Waals surface area contributed by atoms with Crippen molar-refractivity contribution >= 4 is 5.97 Å². The monoisotopic (exact) mass is 133 g/mol. The number of rotatable bonds is 2. The highest BCUT2D eigenvalue weighted by Crippen LogP contribution is 1.86. The molecule has 0 aromatic heterocycles. The van der Waals surface area contributed by atoms with Crippen LogP contribution in [0.1, 0.15) is 6.92 Å². The maximum Gasteiger partial charge on any atom is 0.353 e. The Labute approximate surface area is 54.0 Å². The quantitative estimate of drug-likeness (QED) is 0.510. The molecule has 0 saturated heterocycles. The summed E-state index contributed by atoms with van der Waals surface area (Å²) < 4.78 is 0. The second-order valence-corrected chi connectivity index (χ2v) is 1.90. The molecule has 0 aromatic carbocycles. The molecule has 0 fully saturated rings. The molecule has 4 nitrogen and oxygen atoms in total. The van der Waals surface area contributed by atoms with Crippen molar-refractivity contribution in [2.24, 2.45) is 0 Å². The molecule has 0 bridgehead atoms. The number of hydrogen-bond acceptors (Lipinski definition) is 4. The van der Waals surface area contributed by atoms with E-state index in [1.54, 1.807) is 14.1 Å². The maximum atomic E-state index is 10.4. The Bertz CT molecular complexity index is 100. The molecule has 1 N–H and O–H groups in total. The van der Waals surface area contributed by atoms with Gasteiger partial charge in [-0.1, -0.05) is 0 Å². The van der Waals surface area contributed by atoms with Crippen molar-refractivity contribution in [3.05, 3.63) is 0 Å². The number of carbonyl (C=O) groups is 1. The van der Waals surface area contributed by atoms with Gasteiger partial charge in [-0.25, -0.2) is 4.79 Å². The van der Waals surface area contributed by atoms with Crippen molar-refractivity contribution < 1.29 is 14.7 Å². The fourth-order valence-electron chi connectivity index (χ4n) is 0.256. The first-order valence-corrected chi connectivity index (χ1v) is 2.61. The van der Waals surface area contributed by atoms with Crippen LogP contribution < -0.4 is 0 Å². The molecule has 9 heavy (non-hydrogen) atoms. The van der Waals surface area contributed by atoms with Crippen molar-refractivity contribution in [2.75, 3.05) is 14.1 Å². The van der Waals surface area contributed by atoms with Crippen LogP contribution in [0.25, 0.3) is 0 Å². The van der Waals surface area contributed by atoms with Gasteiger partial charge in [0, 0.05) is 14.1 Å². The van der Waals surface area contributed by atoms with Crippen molar-refractivity contribution in [3.8, 4) is 0 Å². The summed E-state index contributed by atoms with van der Waals surface area (Å²) >= 11 is 0. The van der Waals surface area contributed by atoms with E-state index >= 15 is 0 Å². The first kappa shape index (κ1) is 8.39. The van der Waals surface area contributed by atoms with Gasteiger partial charge in [-0.2, -0.15) is 0 Å². The minimum Gasteiger partial charge on any atom is -0.382 e. The molecule has 1 atom stereocenters. The van der Waals surface area contributed by atoms with Crippen LogP contribution in [0.2, 0.25) is 0 Å². The lowest BCUT2D eigenvalue weighted by molar-refractivity contribution is -0.187. The highest BCUT2D eigenvalue weighted by atomic mass is 16.7. The topological polar surface area (TPSA) is 49.8 Å². The largest absolute Gasteiger partial charge is 0.382 e. The molecule has 0 radical (unpaired) electrons. The molecule has 0 amide bonds. The van der Waals surface area contributed by atoms with Crippen LogP contribution in [0.4, 0.5) is 0 Å². The number of aliphatic hydroxyl groups excluding tert-OH is 1. The van der Waals surface area contributed by atoms with Crippen LogP contribution in [-0.4, -0.2) is 36.3 Å². The van der Waals surface area contributed by atoms with E-state index in [1.807, 2.05) is 0 Å². The van der Waals surface area contributed by atoms with Crippen molar-refractivity contribution in [1.82, 2.24) is 5.06 Å². The first-order chi connectivity index (χ1) is 4.04. The first-order valence-electron chi connectivity index (χ1n) is 2.61. The minimum absolute atomic E-state index is 0.639. The number of hydroxylamine groups is 2. The second kappa shape index (κ2) is 3.42. The molecule has 1 unspecified atom stereocenters. The zero-order chi connectivity index (χ0) is 7.44. The van der Waals surface area contributed by atoms with Gasteiger partial charge in [-0.15, -0.1) is 5.06 Å². The van der Waals surface area contributed by atoms with Crippen molar-refractivity contribution in [1.29, 1.82) is 0 Å². The number of nitrogens with zero attached hydrogens (tertiary/aromatic N) is 1. The molecule has 0 aliphatic rings. The van der Waals surface area contributed by atoms with Crippen LogP contribution in [0.5, 0.6) is 0 Å². The van der Waals surface area contributed by atoms with E-state index in [4.69, 9.17) is 5.11 Å². The van der Waals surface area contributed by atoms with E-state index in [0.717, 1.165) is 0 Å². The van der Waals surface area contributed by atoms with Gasteiger partial charge in [-0.05, 0) is 6.92 Å². The lowest BCUT2D eigenvalue weighted by atomic mass is 10.4. The standard InChI is InChI=1S/C5H11NO3/c1-4(7)5(8)9-6(2)3/h4,7H,1-3H3. The third-order valence-electron chi connectivity index (χ3n) is 0.614. The van der Waals surface area contributed by atoms with E-state index < -0.39 is 12.1 Å². The molecular formula is C5H11NO3. The third kappa shape index (κ3) is 3.93. The highest BCUT2D eigenvalue weighted by molar-refractivity contribution is 5.73. The molecule has 0 aliphatic heterocycles. The maximum absolute atomic E-state index is 10.4. The Kier molecular flexibility index (Phi) is 3.19. The summed E-state index contributed by atoms with van der Waals surface area (Å²) in [5, 5.41) is 9.80. The normalized spacial score (nSPS) is 13.4. The Morgan fingerprint density at radius 2 is 2.11 bits per heavy atom. The second-order valence-electron chi connectivity index (χ2n) is 1.90. The summed E-state index contributed by atoms with van der Waals surface area (Å²) in [6.07, 6.45) is -1.05. The fraction of sp³-hybridized carbons (Fsp3) is 0.800. The van der Waals surface area contributed by atoms with Crippen LogP contribution in [0.3, 0.4) is 0 Å². The Balaban J connectivity index is 3.51. The van der Waals surface area contributed by atoms with Crippen LogP contribution in [0, 0.1) is 0 Å². The minimum atomic E-state index is -1.05. The van der Waals surface area contributed by atoms with Gasteiger partial charge in [0.1, 0.15) is 0 Å². The summed E-state index contributed by atoms with van der Waals surface area (Å²) in [5.74, 6) is -0.639. The predicted molar refractivity (Wildman–Crippen MR) is 31.5 cm³/mol. The zero-order valence-corrected chi connectivity index (χ0v) is 5.79. The number of carbonyl (C=O) groups excluding carboxylic acids is 1. The predicted octanol–water partition coefficient (Wildman–Crippen LogP) is -0.613. The van der Waals surface area contributed by atoms with Gasteiger partial charge in [0.2, 0.25) is 0 Å². The average Bonchev–Trinajstić information content (AvgIpc) is 1.63.